The number of hydrogen-bond donors (Lipinski definition) is 0. The van der Waals surface area contributed by atoms with Gasteiger partial charge in [-0.3, -0.25) is 4.79 Å². The number of nitrogens with zero attached hydrogens (tertiary/aromatic N) is 1. The summed E-state index contributed by atoms with van der Waals surface area (Å²) in [7, 11) is -3.78. The van der Waals surface area contributed by atoms with Crippen LogP contribution in [0.2, 0.25) is 5.02 Å². The summed E-state index contributed by atoms with van der Waals surface area (Å²) < 4.78 is 37.4. The summed E-state index contributed by atoms with van der Waals surface area (Å²) in [6, 6.07) is 10.3. The fourth-order valence-electron chi connectivity index (χ4n) is 2.93. The Hall–Kier alpha value is -2.42. The first-order valence-corrected chi connectivity index (χ1v) is 11.7. The molecule has 2 aromatic rings. The Labute approximate surface area is 188 Å². The van der Waals surface area contributed by atoms with Crippen molar-refractivity contribution in [2.75, 3.05) is 19.7 Å². The zero-order valence-corrected chi connectivity index (χ0v) is 19.5. The highest BCUT2D eigenvalue weighted by Crippen LogP contribution is 2.24. The second-order valence-electron chi connectivity index (χ2n) is 6.60. The molecule has 0 aliphatic carbocycles. The average molecular weight is 468 g/mol. The second-order valence-corrected chi connectivity index (χ2v) is 8.95. The van der Waals surface area contributed by atoms with E-state index in [4.69, 9.17) is 21.1 Å². The molecule has 7 nitrogen and oxygen atoms in total. The van der Waals surface area contributed by atoms with Gasteiger partial charge in [-0.2, -0.15) is 4.31 Å². The predicted molar refractivity (Wildman–Crippen MR) is 118 cm³/mol. The molecule has 0 bridgehead atoms. The van der Waals surface area contributed by atoms with Crippen LogP contribution in [0.25, 0.3) is 0 Å². The van der Waals surface area contributed by atoms with Gasteiger partial charge in [0, 0.05) is 18.7 Å². The van der Waals surface area contributed by atoms with E-state index in [0.29, 0.717) is 17.9 Å². The number of sulfonamides is 1. The van der Waals surface area contributed by atoms with Crippen LogP contribution in [0, 0.1) is 0 Å². The van der Waals surface area contributed by atoms with Crippen molar-refractivity contribution in [3.8, 4) is 5.75 Å². The summed E-state index contributed by atoms with van der Waals surface area (Å²) in [6.07, 6.45) is -1.09. The van der Waals surface area contributed by atoms with Crippen LogP contribution >= 0.6 is 11.6 Å². The summed E-state index contributed by atoms with van der Waals surface area (Å²) in [5, 5.41) is 0.0317. The lowest BCUT2D eigenvalue weighted by molar-refractivity contribution is 0.0318. The molecule has 2 rings (SSSR count). The number of ketones is 1. The van der Waals surface area contributed by atoms with Crippen molar-refractivity contribution in [3.63, 3.8) is 0 Å². The van der Waals surface area contributed by atoms with Gasteiger partial charge in [-0.15, -0.1) is 0 Å². The highest BCUT2D eigenvalue weighted by atomic mass is 35.5. The van der Waals surface area contributed by atoms with Crippen molar-refractivity contribution >= 4 is 33.4 Å². The number of Topliss-reactive ketones (excluding diaryl/α,β-unsaturated/α-hetero) is 1. The Kier molecular flexibility index (Phi) is 8.61. The minimum Gasteiger partial charge on any atom is -0.494 e. The van der Waals surface area contributed by atoms with Gasteiger partial charge in [0.25, 0.3) is 0 Å². The van der Waals surface area contributed by atoms with Gasteiger partial charge in [0.15, 0.2) is 6.10 Å². The van der Waals surface area contributed by atoms with Crippen LogP contribution in [0.3, 0.4) is 0 Å². The first-order valence-electron chi connectivity index (χ1n) is 9.93. The number of esters is 1. The number of hydrogen-bond acceptors (Lipinski definition) is 6. The Morgan fingerprint density at radius 2 is 1.65 bits per heavy atom. The smallest absolute Gasteiger partial charge is 0.340 e. The summed E-state index contributed by atoms with van der Waals surface area (Å²) in [5.41, 5.74) is 0.231. The second kappa shape index (κ2) is 10.7. The molecule has 0 aromatic heterocycles. The van der Waals surface area contributed by atoms with Crippen LogP contribution in [0.4, 0.5) is 0 Å². The van der Waals surface area contributed by atoms with E-state index < -0.39 is 27.9 Å². The maximum Gasteiger partial charge on any atom is 0.340 e. The maximum absolute atomic E-state index is 12.7. The van der Waals surface area contributed by atoms with Crippen LogP contribution in [-0.4, -0.2) is 50.3 Å². The van der Waals surface area contributed by atoms with Crippen molar-refractivity contribution in [2.24, 2.45) is 0 Å². The van der Waals surface area contributed by atoms with Crippen molar-refractivity contribution < 1.29 is 27.5 Å². The van der Waals surface area contributed by atoms with Crippen molar-refractivity contribution in [3.05, 3.63) is 58.6 Å². The summed E-state index contributed by atoms with van der Waals surface area (Å²) in [6.45, 7) is 7.82. The molecule has 0 unspecified atom stereocenters. The van der Waals surface area contributed by atoms with Crippen LogP contribution in [0.15, 0.2) is 47.4 Å². The van der Waals surface area contributed by atoms with Gasteiger partial charge in [0.05, 0.1) is 22.1 Å². The largest absolute Gasteiger partial charge is 0.494 e. The molecule has 1 atom stereocenters. The molecular formula is C22H26ClNO6S. The van der Waals surface area contributed by atoms with Crippen molar-refractivity contribution in [2.45, 2.75) is 38.7 Å². The van der Waals surface area contributed by atoms with Gasteiger partial charge in [0.2, 0.25) is 15.8 Å². The van der Waals surface area contributed by atoms with E-state index in [-0.39, 0.29) is 28.6 Å². The Morgan fingerprint density at radius 3 is 2.19 bits per heavy atom. The normalized spacial score (nSPS) is 12.5. The molecule has 168 valence electrons. The third-order valence-electron chi connectivity index (χ3n) is 4.60. The molecule has 31 heavy (non-hydrogen) atoms. The lowest BCUT2D eigenvalue weighted by atomic mass is 10.1. The van der Waals surface area contributed by atoms with Gasteiger partial charge in [0.1, 0.15) is 5.75 Å². The van der Waals surface area contributed by atoms with Crippen LogP contribution in [0.1, 0.15) is 48.4 Å². The van der Waals surface area contributed by atoms with Gasteiger partial charge in [-0.05, 0) is 56.3 Å². The van der Waals surface area contributed by atoms with Crippen LogP contribution in [0.5, 0.6) is 5.75 Å². The van der Waals surface area contributed by atoms with Crippen LogP contribution in [-0.2, 0) is 14.8 Å². The number of rotatable bonds is 10. The number of ether oxygens (including phenoxy) is 2. The predicted octanol–water partition coefficient (Wildman–Crippen LogP) is 4.20. The molecule has 0 aliphatic heterocycles. The molecule has 2 aromatic carbocycles. The van der Waals surface area contributed by atoms with E-state index in [9.17, 15) is 18.0 Å². The quantitative estimate of drug-likeness (QED) is 0.384. The first kappa shape index (κ1) is 24.8. The van der Waals surface area contributed by atoms with E-state index in [1.54, 1.807) is 38.1 Å². The lowest BCUT2D eigenvalue weighted by Crippen LogP contribution is -2.31. The molecule has 0 saturated heterocycles. The first-order chi connectivity index (χ1) is 14.6. The fraction of sp³-hybridized carbons (Fsp3) is 0.364. The van der Waals surface area contributed by atoms with E-state index in [0.717, 1.165) is 0 Å². The topological polar surface area (TPSA) is 90.0 Å². The number of benzene rings is 2. The van der Waals surface area contributed by atoms with Crippen molar-refractivity contribution in [1.82, 2.24) is 4.31 Å². The van der Waals surface area contributed by atoms with E-state index >= 15 is 0 Å². The molecule has 0 spiro atoms. The van der Waals surface area contributed by atoms with Gasteiger partial charge in [-0.1, -0.05) is 25.4 Å². The molecule has 0 radical (unpaired) electrons. The monoisotopic (exact) mass is 467 g/mol. The Morgan fingerprint density at radius 1 is 1.03 bits per heavy atom. The molecule has 0 saturated carbocycles. The molecule has 0 N–H and O–H groups in total. The lowest BCUT2D eigenvalue weighted by Gasteiger charge is -2.19. The Bertz CT molecular complexity index is 1030. The molecule has 9 heteroatoms. The summed E-state index contributed by atoms with van der Waals surface area (Å²) in [5.74, 6) is -0.658. The number of halogens is 1. The van der Waals surface area contributed by atoms with E-state index in [2.05, 4.69) is 0 Å². The SMILES string of the molecule is CCOc1ccc(C(=O)[C@H](C)OC(=O)c2cc(S(=O)(=O)N(CC)CC)ccc2Cl)cc1. The Balaban J connectivity index is 2.22. The van der Waals surface area contributed by atoms with E-state index in [1.807, 2.05) is 6.92 Å². The highest BCUT2D eigenvalue weighted by molar-refractivity contribution is 7.89. The molecular weight excluding hydrogens is 442 g/mol. The summed E-state index contributed by atoms with van der Waals surface area (Å²) >= 11 is 6.11. The zero-order chi connectivity index (χ0) is 23.2. The fourth-order valence-corrected chi connectivity index (χ4v) is 4.61. The number of carbonyl (C=O) groups is 2. The zero-order valence-electron chi connectivity index (χ0n) is 17.9. The molecule has 0 aliphatic rings. The van der Waals surface area contributed by atoms with Gasteiger partial charge >= 0.3 is 5.97 Å². The maximum atomic E-state index is 12.7. The standard InChI is InChI=1S/C22H26ClNO6S/c1-5-24(6-2)31(27,28)18-12-13-20(23)19(14-18)22(26)30-15(4)21(25)16-8-10-17(11-9-16)29-7-3/h8-15H,5-7H2,1-4H3/t15-/m0/s1. The summed E-state index contributed by atoms with van der Waals surface area (Å²) in [4.78, 5) is 25.2. The van der Waals surface area contributed by atoms with Crippen LogP contribution < -0.4 is 4.74 Å². The third kappa shape index (κ3) is 5.84. The van der Waals surface area contributed by atoms with Crippen molar-refractivity contribution in [1.29, 1.82) is 0 Å². The third-order valence-corrected chi connectivity index (χ3v) is 6.98. The minimum atomic E-state index is -3.78. The number of carbonyl (C=O) groups excluding carboxylic acids is 2. The molecule has 0 amide bonds. The minimum absolute atomic E-state index is 0.0317. The highest BCUT2D eigenvalue weighted by Gasteiger charge is 2.26. The van der Waals surface area contributed by atoms with Gasteiger partial charge < -0.3 is 9.47 Å². The molecule has 0 fully saturated rings. The molecule has 0 heterocycles. The average Bonchev–Trinajstić information content (AvgIpc) is 2.74. The van der Waals surface area contributed by atoms with E-state index in [1.165, 1.54) is 29.4 Å². The van der Waals surface area contributed by atoms with Gasteiger partial charge in [-0.25, -0.2) is 13.2 Å².